The van der Waals surface area contributed by atoms with Crippen molar-refractivity contribution in [2.75, 3.05) is 18.6 Å². The molecule has 0 bridgehead atoms. The van der Waals surface area contributed by atoms with Gasteiger partial charge in [0.15, 0.2) is 11.8 Å². The lowest BCUT2D eigenvalue weighted by Crippen LogP contribution is -2.37. The number of aliphatic imine (C=N–C) groups is 1. The van der Waals surface area contributed by atoms with E-state index in [2.05, 4.69) is 49.6 Å². The van der Waals surface area contributed by atoms with Crippen LogP contribution in [0.5, 0.6) is 0 Å². The maximum atomic E-state index is 4.66. The molecular formula is C16H26N6S2. The van der Waals surface area contributed by atoms with Crippen LogP contribution in [-0.4, -0.2) is 39.3 Å². The van der Waals surface area contributed by atoms with Gasteiger partial charge >= 0.3 is 0 Å². The van der Waals surface area contributed by atoms with Crippen LogP contribution in [0.3, 0.4) is 0 Å². The molecule has 2 heterocycles. The molecular weight excluding hydrogens is 340 g/mol. The third-order valence-electron chi connectivity index (χ3n) is 3.64. The third kappa shape index (κ3) is 6.16. The van der Waals surface area contributed by atoms with E-state index < -0.39 is 0 Å². The lowest BCUT2D eigenvalue weighted by Gasteiger charge is -2.12. The van der Waals surface area contributed by atoms with Gasteiger partial charge in [-0.3, -0.25) is 0 Å². The summed E-state index contributed by atoms with van der Waals surface area (Å²) < 4.78 is 1.97. The lowest BCUT2D eigenvalue weighted by molar-refractivity contribution is 0.720. The fourth-order valence-electron chi connectivity index (χ4n) is 2.07. The Morgan fingerprint density at radius 3 is 2.88 bits per heavy atom. The highest BCUT2D eigenvalue weighted by Gasteiger charge is 2.05. The van der Waals surface area contributed by atoms with E-state index in [1.807, 2.05) is 30.3 Å². The number of rotatable bonds is 9. The van der Waals surface area contributed by atoms with E-state index in [1.54, 1.807) is 11.3 Å². The maximum absolute atomic E-state index is 4.66. The Labute approximate surface area is 152 Å². The minimum absolute atomic E-state index is 0.516. The van der Waals surface area contributed by atoms with Crippen molar-refractivity contribution in [2.24, 2.45) is 12.0 Å². The van der Waals surface area contributed by atoms with Gasteiger partial charge < -0.3 is 15.2 Å². The summed E-state index contributed by atoms with van der Waals surface area (Å²) in [7, 11) is 1.97. The predicted molar refractivity (Wildman–Crippen MR) is 104 cm³/mol. The van der Waals surface area contributed by atoms with E-state index in [9.17, 15) is 0 Å². The molecule has 2 rings (SSSR count). The van der Waals surface area contributed by atoms with Crippen molar-refractivity contribution in [1.82, 2.24) is 25.4 Å². The molecule has 2 aromatic heterocycles. The highest BCUT2D eigenvalue weighted by Crippen LogP contribution is 2.07. The zero-order chi connectivity index (χ0) is 17.2. The molecule has 0 aliphatic rings. The van der Waals surface area contributed by atoms with Gasteiger partial charge in [0, 0.05) is 18.5 Å². The molecule has 0 atom stereocenters. The van der Waals surface area contributed by atoms with Crippen LogP contribution in [-0.2, 0) is 20.1 Å². The van der Waals surface area contributed by atoms with Crippen molar-refractivity contribution in [3.63, 3.8) is 0 Å². The fourth-order valence-corrected chi connectivity index (χ4v) is 3.21. The second-order valence-electron chi connectivity index (χ2n) is 5.45. The number of nitrogens with one attached hydrogen (secondary N) is 2. The average Bonchev–Trinajstić information content (AvgIpc) is 3.21. The van der Waals surface area contributed by atoms with Gasteiger partial charge in [-0.05, 0) is 43.2 Å². The highest BCUT2D eigenvalue weighted by atomic mass is 32.2. The Balaban J connectivity index is 1.89. The first-order valence-corrected chi connectivity index (χ1v) is 10.4. The molecule has 0 saturated carbocycles. The number of hydrogen-bond acceptors (Lipinski definition) is 5. The lowest BCUT2D eigenvalue weighted by atomic mass is 10.3. The van der Waals surface area contributed by atoms with Crippen LogP contribution >= 0.6 is 23.1 Å². The minimum Gasteiger partial charge on any atom is -0.356 e. The van der Waals surface area contributed by atoms with Gasteiger partial charge in [0.05, 0.1) is 6.54 Å². The normalized spacial score (nSPS) is 11.7. The predicted octanol–water partition coefficient (Wildman–Crippen LogP) is 2.56. The molecule has 132 valence electrons. The van der Waals surface area contributed by atoms with Crippen molar-refractivity contribution in [2.45, 2.75) is 32.9 Å². The Morgan fingerprint density at radius 1 is 1.33 bits per heavy atom. The van der Waals surface area contributed by atoms with Gasteiger partial charge in [-0.15, -0.1) is 21.5 Å². The molecule has 2 aromatic rings. The summed E-state index contributed by atoms with van der Waals surface area (Å²) in [5.74, 6) is 3.80. The molecule has 0 radical (unpaired) electrons. The molecule has 6 nitrogen and oxygen atoms in total. The highest BCUT2D eigenvalue weighted by molar-refractivity contribution is 7.98. The van der Waals surface area contributed by atoms with Crippen LogP contribution in [0.2, 0.25) is 0 Å². The van der Waals surface area contributed by atoms with Crippen LogP contribution in [0.1, 0.15) is 29.4 Å². The molecule has 0 aromatic carbocycles. The molecule has 0 aliphatic heterocycles. The Morgan fingerprint density at radius 2 is 2.21 bits per heavy atom. The number of hydrogen-bond donors (Lipinski definition) is 2. The number of nitrogens with zero attached hydrogens (tertiary/aromatic N) is 4. The van der Waals surface area contributed by atoms with Gasteiger partial charge in [0.25, 0.3) is 0 Å². The molecule has 8 heteroatoms. The number of thioether (sulfide) groups is 1. The quantitative estimate of drug-likeness (QED) is 0.406. The first-order valence-electron chi connectivity index (χ1n) is 8.09. The Kier molecular flexibility index (Phi) is 8.11. The van der Waals surface area contributed by atoms with E-state index in [-0.39, 0.29) is 0 Å². The van der Waals surface area contributed by atoms with E-state index >= 15 is 0 Å². The number of aryl methyl sites for hydroxylation is 1. The van der Waals surface area contributed by atoms with Crippen molar-refractivity contribution in [3.05, 3.63) is 34.0 Å². The van der Waals surface area contributed by atoms with Gasteiger partial charge in [0.2, 0.25) is 0 Å². The summed E-state index contributed by atoms with van der Waals surface area (Å²) in [5.41, 5.74) is 0. The molecule has 0 spiro atoms. The molecule has 0 saturated heterocycles. The minimum atomic E-state index is 0.516. The molecule has 0 aliphatic carbocycles. The monoisotopic (exact) mass is 366 g/mol. The number of thiophene rings is 1. The van der Waals surface area contributed by atoms with Crippen molar-refractivity contribution < 1.29 is 0 Å². The van der Waals surface area contributed by atoms with Gasteiger partial charge in [0.1, 0.15) is 12.4 Å². The number of guanidine groups is 1. The summed E-state index contributed by atoms with van der Waals surface area (Å²) in [6.07, 6.45) is 4.50. The molecule has 24 heavy (non-hydrogen) atoms. The van der Waals surface area contributed by atoms with Crippen LogP contribution in [0.4, 0.5) is 0 Å². The molecule has 0 unspecified atom stereocenters. The summed E-state index contributed by atoms with van der Waals surface area (Å²) in [6, 6.07) is 4.19. The van der Waals surface area contributed by atoms with Crippen molar-refractivity contribution in [3.8, 4) is 0 Å². The van der Waals surface area contributed by atoms with Crippen molar-refractivity contribution >= 4 is 29.1 Å². The SMILES string of the molecule is CSCCCCNC(=NCc1nnc(C)n1C)NCc1cccs1. The number of aromatic nitrogens is 3. The second-order valence-corrected chi connectivity index (χ2v) is 7.46. The fraction of sp³-hybridized carbons (Fsp3) is 0.562. The summed E-state index contributed by atoms with van der Waals surface area (Å²) >= 11 is 3.64. The van der Waals surface area contributed by atoms with E-state index in [0.717, 1.165) is 37.1 Å². The van der Waals surface area contributed by atoms with Crippen molar-refractivity contribution in [1.29, 1.82) is 0 Å². The van der Waals surface area contributed by atoms with Gasteiger partial charge in [-0.25, -0.2) is 4.99 Å². The topological polar surface area (TPSA) is 67.1 Å². The van der Waals surface area contributed by atoms with Crippen LogP contribution in [0.25, 0.3) is 0 Å². The smallest absolute Gasteiger partial charge is 0.192 e. The molecule has 0 amide bonds. The summed E-state index contributed by atoms with van der Waals surface area (Å²) in [5, 5.41) is 17.1. The zero-order valence-corrected chi connectivity index (χ0v) is 16.2. The third-order valence-corrected chi connectivity index (χ3v) is 5.21. The second kappa shape index (κ2) is 10.4. The van der Waals surface area contributed by atoms with Crippen LogP contribution in [0, 0.1) is 6.92 Å². The first-order chi connectivity index (χ1) is 11.7. The van der Waals surface area contributed by atoms with Crippen LogP contribution in [0.15, 0.2) is 22.5 Å². The average molecular weight is 367 g/mol. The van der Waals surface area contributed by atoms with E-state index in [0.29, 0.717) is 6.54 Å². The van der Waals surface area contributed by atoms with Crippen LogP contribution < -0.4 is 10.6 Å². The van der Waals surface area contributed by atoms with E-state index in [1.165, 1.54) is 17.1 Å². The largest absolute Gasteiger partial charge is 0.356 e. The summed E-state index contributed by atoms with van der Waals surface area (Å²) in [4.78, 5) is 5.95. The summed E-state index contributed by atoms with van der Waals surface area (Å²) in [6.45, 7) is 4.17. The zero-order valence-electron chi connectivity index (χ0n) is 14.6. The van der Waals surface area contributed by atoms with E-state index in [4.69, 9.17) is 0 Å². The number of unbranched alkanes of at least 4 members (excludes halogenated alkanes) is 1. The first kappa shape index (κ1) is 18.8. The Bertz CT molecular complexity index is 621. The molecule has 2 N–H and O–H groups in total. The standard InChI is InChI=1S/C16H26N6S2/c1-13-20-21-15(22(13)2)12-19-16(17-8-4-5-9-23-3)18-11-14-7-6-10-24-14/h6-7,10H,4-5,8-9,11-12H2,1-3H3,(H2,17,18,19). The van der Waals surface area contributed by atoms with Gasteiger partial charge in [-0.2, -0.15) is 11.8 Å². The maximum Gasteiger partial charge on any atom is 0.192 e. The molecule has 0 fully saturated rings. The Hall–Kier alpha value is -1.54. The van der Waals surface area contributed by atoms with Gasteiger partial charge in [-0.1, -0.05) is 6.07 Å².